The molecule has 0 aliphatic heterocycles. The molecule has 98 valence electrons. The van der Waals surface area contributed by atoms with Crippen molar-refractivity contribution in [1.82, 2.24) is 14.8 Å². The van der Waals surface area contributed by atoms with Gasteiger partial charge in [0.2, 0.25) is 0 Å². The highest BCUT2D eigenvalue weighted by Crippen LogP contribution is 2.33. The predicted octanol–water partition coefficient (Wildman–Crippen LogP) is 4.47. The highest BCUT2D eigenvalue weighted by atomic mass is 35.5. The van der Waals surface area contributed by atoms with Crippen molar-refractivity contribution < 1.29 is 0 Å². The van der Waals surface area contributed by atoms with Gasteiger partial charge in [0.1, 0.15) is 0 Å². The molecule has 0 atom stereocenters. The Bertz CT molecular complexity index is 716. The first-order chi connectivity index (χ1) is 9.13. The number of aromatic nitrogens is 3. The van der Waals surface area contributed by atoms with Crippen molar-refractivity contribution in [3.63, 3.8) is 0 Å². The molecule has 0 saturated heterocycles. The smallest absolute Gasteiger partial charge is 0.188 e. The van der Waals surface area contributed by atoms with Crippen LogP contribution >= 0.6 is 22.9 Å². The van der Waals surface area contributed by atoms with Gasteiger partial charge in [0, 0.05) is 12.2 Å². The second-order valence-electron chi connectivity index (χ2n) is 4.53. The second-order valence-corrected chi connectivity index (χ2v) is 5.94. The first-order valence-electron chi connectivity index (χ1n) is 6.00. The molecule has 3 aromatic rings. The Labute approximate surface area is 120 Å². The standard InChI is InChI=1S/C13H13ClN4S/c1-8(2)18-7-9(6-15-18)16-13-17-11-5-3-4-10(14)12(11)19-13/h3-8H,1-2H3,(H,16,17). The highest BCUT2D eigenvalue weighted by Gasteiger charge is 2.08. The molecule has 2 heterocycles. The molecule has 1 N–H and O–H groups in total. The number of rotatable bonds is 3. The van der Waals surface area contributed by atoms with Crippen molar-refractivity contribution in [3.05, 3.63) is 35.6 Å². The molecule has 4 nitrogen and oxygen atoms in total. The molecule has 0 aliphatic rings. The van der Waals surface area contributed by atoms with Crippen LogP contribution in [0.2, 0.25) is 5.02 Å². The fourth-order valence-corrected chi connectivity index (χ4v) is 2.95. The van der Waals surface area contributed by atoms with Gasteiger partial charge >= 0.3 is 0 Å². The van der Waals surface area contributed by atoms with Crippen molar-refractivity contribution in [2.75, 3.05) is 5.32 Å². The summed E-state index contributed by atoms with van der Waals surface area (Å²) in [7, 11) is 0. The van der Waals surface area contributed by atoms with Crippen LogP contribution in [-0.2, 0) is 0 Å². The van der Waals surface area contributed by atoms with Crippen LogP contribution in [0.1, 0.15) is 19.9 Å². The minimum Gasteiger partial charge on any atom is -0.329 e. The Morgan fingerprint density at radius 1 is 1.37 bits per heavy atom. The van der Waals surface area contributed by atoms with Crippen molar-refractivity contribution in [3.8, 4) is 0 Å². The maximum Gasteiger partial charge on any atom is 0.188 e. The summed E-state index contributed by atoms with van der Waals surface area (Å²) >= 11 is 7.69. The van der Waals surface area contributed by atoms with Gasteiger partial charge in [-0.2, -0.15) is 5.10 Å². The molecular weight excluding hydrogens is 280 g/mol. The van der Waals surface area contributed by atoms with Crippen LogP contribution in [0.15, 0.2) is 30.6 Å². The molecule has 0 fully saturated rings. The van der Waals surface area contributed by atoms with Crippen LogP contribution in [0.5, 0.6) is 0 Å². The third-order valence-corrected chi connectivity index (χ3v) is 4.20. The van der Waals surface area contributed by atoms with Crippen LogP contribution in [0.25, 0.3) is 10.2 Å². The van der Waals surface area contributed by atoms with Gasteiger partial charge in [-0.3, -0.25) is 4.68 Å². The van der Waals surface area contributed by atoms with E-state index in [1.807, 2.05) is 29.1 Å². The Morgan fingerprint density at radius 2 is 2.21 bits per heavy atom. The highest BCUT2D eigenvalue weighted by molar-refractivity contribution is 7.22. The monoisotopic (exact) mass is 292 g/mol. The normalized spacial score (nSPS) is 11.4. The van der Waals surface area contributed by atoms with Crippen molar-refractivity contribution in [2.45, 2.75) is 19.9 Å². The average molecular weight is 293 g/mol. The van der Waals surface area contributed by atoms with E-state index in [4.69, 9.17) is 11.6 Å². The number of nitrogens with zero attached hydrogens (tertiary/aromatic N) is 3. The third-order valence-electron chi connectivity index (χ3n) is 2.75. The van der Waals surface area contributed by atoms with E-state index in [-0.39, 0.29) is 0 Å². The predicted molar refractivity (Wildman–Crippen MR) is 80.5 cm³/mol. The van der Waals surface area contributed by atoms with E-state index in [1.54, 1.807) is 17.5 Å². The summed E-state index contributed by atoms with van der Waals surface area (Å²) in [5, 5.41) is 9.11. The fourth-order valence-electron chi connectivity index (χ4n) is 1.78. The van der Waals surface area contributed by atoms with Gasteiger partial charge in [0.15, 0.2) is 5.13 Å². The van der Waals surface area contributed by atoms with Crippen LogP contribution < -0.4 is 5.32 Å². The van der Waals surface area contributed by atoms with Gasteiger partial charge in [0.25, 0.3) is 0 Å². The summed E-state index contributed by atoms with van der Waals surface area (Å²) < 4.78 is 2.91. The molecule has 0 unspecified atom stereocenters. The summed E-state index contributed by atoms with van der Waals surface area (Å²) in [5.41, 5.74) is 1.85. The maximum atomic E-state index is 6.15. The van der Waals surface area contributed by atoms with Gasteiger partial charge < -0.3 is 5.32 Å². The average Bonchev–Trinajstić information content (AvgIpc) is 2.96. The zero-order valence-electron chi connectivity index (χ0n) is 10.6. The molecule has 0 radical (unpaired) electrons. The van der Waals surface area contributed by atoms with Crippen molar-refractivity contribution in [2.24, 2.45) is 0 Å². The number of nitrogens with one attached hydrogen (secondary N) is 1. The van der Waals surface area contributed by atoms with Gasteiger partial charge in [-0.05, 0) is 26.0 Å². The minimum absolute atomic E-state index is 0.348. The molecule has 2 aromatic heterocycles. The fraction of sp³-hybridized carbons (Fsp3) is 0.231. The number of thiazole rings is 1. The van der Waals surface area contributed by atoms with Gasteiger partial charge in [0.05, 0.1) is 27.1 Å². The Kier molecular flexibility index (Phi) is 3.16. The number of halogens is 1. The summed E-state index contributed by atoms with van der Waals surface area (Å²) in [5.74, 6) is 0. The molecular formula is C13H13ClN4S. The van der Waals surface area contributed by atoms with E-state index in [1.165, 1.54) is 0 Å². The van der Waals surface area contributed by atoms with Crippen LogP contribution in [0, 0.1) is 0 Å². The Hall–Kier alpha value is -1.59. The lowest BCUT2D eigenvalue weighted by Crippen LogP contribution is -1.99. The molecule has 19 heavy (non-hydrogen) atoms. The van der Waals surface area contributed by atoms with E-state index in [0.717, 1.165) is 26.1 Å². The van der Waals surface area contributed by atoms with E-state index >= 15 is 0 Å². The van der Waals surface area contributed by atoms with E-state index in [0.29, 0.717) is 6.04 Å². The molecule has 3 rings (SSSR count). The lowest BCUT2D eigenvalue weighted by Gasteiger charge is -2.03. The van der Waals surface area contributed by atoms with Crippen LogP contribution in [-0.4, -0.2) is 14.8 Å². The van der Waals surface area contributed by atoms with E-state index < -0.39 is 0 Å². The number of hydrogen-bond donors (Lipinski definition) is 1. The lowest BCUT2D eigenvalue weighted by atomic mass is 10.3. The quantitative estimate of drug-likeness (QED) is 0.774. The van der Waals surface area contributed by atoms with Gasteiger partial charge in [-0.1, -0.05) is 29.0 Å². The number of benzene rings is 1. The van der Waals surface area contributed by atoms with Gasteiger partial charge in [-0.15, -0.1) is 0 Å². The topological polar surface area (TPSA) is 42.7 Å². The minimum atomic E-state index is 0.348. The van der Waals surface area contributed by atoms with Gasteiger partial charge in [-0.25, -0.2) is 4.98 Å². The summed E-state index contributed by atoms with van der Waals surface area (Å²) in [4.78, 5) is 4.51. The molecule has 6 heteroatoms. The molecule has 0 saturated carbocycles. The summed E-state index contributed by atoms with van der Waals surface area (Å²) in [6, 6.07) is 6.09. The first-order valence-corrected chi connectivity index (χ1v) is 7.19. The number of hydrogen-bond acceptors (Lipinski definition) is 4. The van der Waals surface area contributed by atoms with Crippen molar-refractivity contribution >= 4 is 44.0 Å². The summed E-state index contributed by atoms with van der Waals surface area (Å²) in [6.07, 6.45) is 3.77. The van der Waals surface area contributed by atoms with Crippen LogP contribution in [0.4, 0.5) is 10.8 Å². The molecule has 1 aromatic carbocycles. The zero-order chi connectivity index (χ0) is 13.4. The first kappa shape index (κ1) is 12.4. The number of fused-ring (bicyclic) bond motifs is 1. The molecule has 0 aliphatic carbocycles. The largest absolute Gasteiger partial charge is 0.329 e. The van der Waals surface area contributed by atoms with E-state index in [9.17, 15) is 0 Å². The van der Waals surface area contributed by atoms with Crippen LogP contribution in [0.3, 0.4) is 0 Å². The second kappa shape index (κ2) is 4.83. The van der Waals surface area contributed by atoms with E-state index in [2.05, 4.69) is 29.2 Å². The molecule has 0 bridgehead atoms. The summed E-state index contributed by atoms with van der Waals surface area (Å²) in [6.45, 7) is 4.18. The van der Waals surface area contributed by atoms with Crippen molar-refractivity contribution in [1.29, 1.82) is 0 Å². The Morgan fingerprint density at radius 3 is 2.89 bits per heavy atom. The molecule has 0 amide bonds. The zero-order valence-corrected chi connectivity index (χ0v) is 12.2. The lowest BCUT2D eigenvalue weighted by molar-refractivity contribution is 0.532. The molecule has 0 spiro atoms. The number of anilines is 2. The maximum absolute atomic E-state index is 6.15. The Balaban J connectivity index is 1.90. The third kappa shape index (κ3) is 2.43. The SMILES string of the molecule is CC(C)n1cc(Nc2nc3cccc(Cl)c3s2)cn1.